The van der Waals surface area contributed by atoms with E-state index in [2.05, 4.69) is 12.2 Å². The molecule has 0 atom stereocenters. The first kappa shape index (κ1) is 16.6. The Balaban J connectivity index is 2.49. The fraction of sp³-hybridized carbons (Fsp3) is 0.533. The number of nitrogens with one attached hydrogen (secondary N) is 1. The highest BCUT2D eigenvalue weighted by Crippen LogP contribution is 2.29. The van der Waals surface area contributed by atoms with Crippen LogP contribution < -0.4 is 11.1 Å². The first-order valence-corrected chi connectivity index (χ1v) is 7.50. The molecule has 20 heavy (non-hydrogen) atoms. The van der Waals surface area contributed by atoms with Gasteiger partial charge in [-0.05, 0) is 18.6 Å². The molecule has 0 aliphatic rings. The fourth-order valence-electron chi connectivity index (χ4n) is 2.09. The minimum atomic E-state index is -1.02. The summed E-state index contributed by atoms with van der Waals surface area (Å²) in [4.78, 5) is 11.2. The van der Waals surface area contributed by atoms with Crippen LogP contribution in [0.3, 0.4) is 0 Å². The minimum absolute atomic E-state index is 0.126. The monoisotopic (exact) mass is 298 g/mol. The standard InChI is InChI=1S/C15H23ClN2O2/c1-2-3-4-5-6-7-8-18-14-12(15(19)20)9-11(17)10-13(14)16/h9-10,18H,2-8,17H2,1H3,(H,19,20). The molecule has 4 N–H and O–H groups in total. The van der Waals surface area contributed by atoms with Gasteiger partial charge in [0.25, 0.3) is 0 Å². The second-order valence-electron chi connectivity index (χ2n) is 4.92. The highest BCUT2D eigenvalue weighted by atomic mass is 35.5. The van der Waals surface area contributed by atoms with Crippen molar-refractivity contribution in [3.63, 3.8) is 0 Å². The number of nitrogen functional groups attached to an aromatic ring is 1. The third kappa shape index (κ3) is 5.29. The van der Waals surface area contributed by atoms with Gasteiger partial charge in [0, 0.05) is 12.2 Å². The molecule has 5 heteroatoms. The van der Waals surface area contributed by atoms with E-state index in [1.165, 1.54) is 31.7 Å². The molecule has 0 fully saturated rings. The Hall–Kier alpha value is -1.42. The molecule has 0 aliphatic heterocycles. The highest BCUT2D eigenvalue weighted by molar-refractivity contribution is 6.34. The van der Waals surface area contributed by atoms with Crippen LogP contribution in [0, 0.1) is 0 Å². The van der Waals surface area contributed by atoms with Gasteiger partial charge in [-0.25, -0.2) is 4.79 Å². The van der Waals surface area contributed by atoms with Gasteiger partial charge >= 0.3 is 5.97 Å². The van der Waals surface area contributed by atoms with Crippen LogP contribution in [-0.2, 0) is 0 Å². The molecular weight excluding hydrogens is 276 g/mol. The smallest absolute Gasteiger partial charge is 0.337 e. The molecule has 0 spiro atoms. The molecule has 0 unspecified atom stereocenters. The van der Waals surface area contributed by atoms with Gasteiger partial charge in [0.15, 0.2) is 0 Å². The van der Waals surface area contributed by atoms with Crippen molar-refractivity contribution in [2.75, 3.05) is 17.6 Å². The third-order valence-corrected chi connectivity index (χ3v) is 3.47. The molecule has 1 aromatic carbocycles. The number of hydrogen-bond donors (Lipinski definition) is 3. The number of unbranched alkanes of at least 4 members (excludes halogenated alkanes) is 5. The zero-order chi connectivity index (χ0) is 15.0. The summed E-state index contributed by atoms with van der Waals surface area (Å²) in [6.07, 6.45) is 7.14. The zero-order valence-corrected chi connectivity index (χ0v) is 12.7. The van der Waals surface area contributed by atoms with Crippen molar-refractivity contribution >= 4 is 28.9 Å². The third-order valence-electron chi connectivity index (χ3n) is 3.18. The van der Waals surface area contributed by atoms with E-state index in [0.29, 0.717) is 16.4 Å². The first-order valence-electron chi connectivity index (χ1n) is 7.12. The summed E-state index contributed by atoms with van der Waals surface area (Å²) in [6.45, 7) is 2.91. The summed E-state index contributed by atoms with van der Waals surface area (Å²) < 4.78 is 0. The summed E-state index contributed by atoms with van der Waals surface area (Å²) in [5.74, 6) is -1.02. The van der Waals surface area contributed by atoms with E-state index in [9.17, 15) is 4.79 Å². The summed E-state index contributed by atoms with van der Waals surface area (Å²) in [6, 6.07) is 3.00. The van der Waals surface area contributed by atoms with E-state index in [1.54, 1.807) is 6.07 Å². The SMILES string of the molecule is CCCCCCCCNc1c(Cl)cc(N)cc1C(=O)O. The van der Waals surface area contributed by atoms with Gasteiger partial charge in [0.05, 0.1) is 16.3 Å². The van der Waals surface area contributed by atoms with E-state index in [1.807, 2.05) is 0 Å². The van der Waals surface area contributed by atoms with Crippen molar-refractivity contribution in [2.24, 2.45) is 0 Å². The molecule has 0 amide bonds. The van der Waals surface area contributed by atoms with Crippen LogP contribution in [0.15, 0.2) is 12.1 Å². The molecule has 112 valence electrons. The summed E-state index contributed by atoms with van der Waals surface area (Å²) >= 11 is 6.05. The van der Waals surface area contributed by atoms with Crippen LogP contribution in [0.1, 0.15) is 55.8 Å². The number of carbonyl (C=O) groups is 1. The van der Waals surface area contributed by atoms with Crippen molar-refractivity contribution in [2.45, 2.75) is 45.4 Å². The molecule has 1 rings (SSSR count). The summed E-state index contributed by atoms with van der Waals surface area (Å²) in [5, 5.41) is 12.6. The molecule has 4 nitrogen and oxygen atoms in total. The Morgan fingerprint density at radius 1 is 1.25 bits per heavy atom. The van der Waals surface area contributed by atoms with E-state index in [-0.39, 0.29) is 5.56 Å². The average molecular weight is 299 g/mol. The predicted octanol–water partition coefficient (Wildman–Crippen LogP) is 4.39. The molecule has 0 heterocycles. The van der Waals surface area contributed by atoms with Gasteiger partial charge in [-0.3, -0.25) is 0 Å². The molecular formula is C15H23ClN2O2. The zero-order valence-electron chi connectivity index (χ0n) is 11.9. The Morgan fingerprint density at radius 3 is 2.55 bits per heavy atom. The normalized spacial score (nSPS) is 10.5. The van der Waals surface area contributed by atoms with Crippen molar-refractivity contribution < 1.29 is 9.90 Å². The van der Waals surface area contributed by atoms with Gasteiger partial charge in [-0.2, -0.15) is 0 Å². The number of anilines is 2. The Labute approximate surface area is 125 Å². The van der Waals surface area contributed by atoms with E-state index in [4.69, 9.17) is 22.4 Å². The number of carboxylic acids is 1. The Kier molecular flexibility index (Phi) is 7.23. The lowest BCUT2D eigenvalue weighted by molar-refractivity contribution is 0.0698. The van der Waals surface area contributed by atoms with Crippen molar-refractivity contribution in [1.82, 2.24) is 0 Å². The van der Waals surface area contributed by atoms with Crippen LogP contribution >= 0.6 is 11.6 Å². The quantitative estimate of drug-likeness (QED) is 0.467. The lowest BCUT2D eigenvalue weighted by Gasteiger charge is -2.12. The van der Waals surface area contributed by atoms with Crippen LogP contribution in [0.4, 0.5) is 11.4 Å². The van der Waals surface area contributed by atoms with Gasteiger partial charge in [0.1, 0.15) is 0 Å². The molecule has 0 bridgehead atoms. The van der Waals surface area contributed by atoms with Gasteiger partial charge < -0.3 is 16.2 Å². The lowest BCUT2D eigenvalue weighted by atomic mass is 10.1. The number of carboxylic acid groups (broad SMARTS) is 1. The number of halogens is 1. The summed E-state index contributed by atoms with van der Waals surface area (Å²) in [7, 11) is 0. The maximum absolute atomic E-state index is 11.2. The second-order valence-corrected chi connectivity index (χ2v) is 5.33. The molecule has 0 saturated heterocycles. The van der Waals surface area contributed by atoms with Crippen LogP contribution in [0.2, 0.25) is 5.02 Å². The van der Waals surface area contributed by atoms with E-state index in [0.717, 1.165) is 19.4 Å². The second kappa shape index (κ2) is 8.69. The Morgan fingerprint density at radius 2 is 1.90 bits per heavy atom. The largest absolute Gasteiger partial charge is 0.478 e. The summed E-state index contributed by atoms with van der Waals surface area (Å²) in [5.41, 5.74) is 6.56. The highest BCUT2D eigenvalue weighted by Gasteiger charge is 2.14. The lowest BCUT2D eigenvalue weighted by Crippen LogP contribution is -2.09. The fourth-order valence-corrected chi connectivity index (χ4v) is 2.39. The van der Waals surface area contributed by atoms with Crippen LogP contribution in [-0.4, -0.2) is 17.6 Å². The van der Waals surface area contributed by atoms with E-state index < -0.39 is 5.97 Å². The number of aromatic carboxylic acids is 1. The van der Waals surface area contributed by atoms with E-state index >= 15 is 0 Å². The molecule has 0 saturated carbocycles. The van der Waals surface area contributed by atoms with Crippen molar-refractivity contribution in [3.05, 3.63) is 22.7 Å². The Bertz CT molecular complexity index is 450. The first-order chi connectivity index (χ1) is 9.56. The molecule has 0 radical (unpaired) electrons. The van der Waals surface area contributed by atoms with Crippen molar-refractivity contribution in [1.29, 1.82) is 0 Å². The predicted molar refractivity (Wildman–Crippen MR) is 84.7 cm³/mol. The minimum Gasteiger partial charge on any atom is -0.478 e. The molecule has 0 aromatic heterocycles. The average Bonchev–Trinajstić information content (AvgIpc) is 2.39. The number of hydrogen-bond acceptors (Lipinski definition) is 3. The molecule has 0 aliphatic carbocycles. The maximum Gasteiger partial charge on any atom is 0.337 e. The molecule has 1 aromatic rings. The van der Waals surface area contributed by atoms with Crippen LogP contribution in [0.25, 0.3) is 0 Å². The number of nitrogens with two attached hydrogens (primary N) is 1. The van der Waals surface area contributed by atoms with Gasteiger partial charge in [-0.1, -0.05) is 50.6 Å². The number of rotatable bonds is 9. The number of benzene rings is 1. The van der Waals surface area contributed by atoms with Gasteiger partial charge in [0.2, 0.25) is 0 Å². The maximum atomic E-state index is 11.2. The topological polar surface area (TPSA) is 75.3 Å². The van der Waals surface area contributed by atoms with Crippen molar-refractivity contribution in [3.8, 4) is 0 Å². The van der Waals surface area contributed by atoms with Gasteiger partial charge in [-0.15, -0.1) is 0 Å². The van der Waals surface area contributed by atoms with Crippen LogP contribution in [0.5, 0.6) is 0 Å².